The highest BCUT2D eigenvalue weighted by Gasteiger charge is 2.32. The first-order valence-corrected chi connectivity index (χ1v) is 8.20. The van der Waals surface area contributed by atoms with Crippen molar-refractivity contribution in [3.05, 3.63) is 34.9 Å². The molecule has 4 heteroatoms. The first-order valence-electron chi connectivity index (χ1n) is 6.55. The fourth-order valence-electron chi connectivity index (χ4n) is 1.93. The quantitative estimate of drug-likeness (QED) is 0.924. The molecule has 0 amide bonds. The van der Waals surface area contributed by atoms with Crippen LogP contribution in [0.25, 0.3) is 0 Å². The molecule has 0 aliphatic heterocycles. The molecule has 0 aromatic heterocycles. The van der Waals surface area contributed by atoms with Gasteiger partial charge in [0.25, 0.3) is 0 Å². The Kier molecular flexibility index (Phi) is 4.80. The number of aryl methyl sites for hydroxylation is 2. The topological polar surface area (TPSA) is 46.2 Å². The minimum Gasteiger partial charge on any atom is -0.312 e. The monoisotopic (exact) mass is 283 g/mol. The van der Waals surface area contributed by atoms with E-state index in [9.17, 15) is 8.42 Å². The van der Waals surface area contributed by atoms with Crippen molar-refractivity contribution in [2.75, 3.05) is 12.8 Å². The number of sulfone groups is 1. The lowest BCUT2D eigenvalue weighted by molar-refractivity contribution is 0.542. The van der Waals surface area contributed by atoms with E-state index in [0.29, 0.717) is 0 Å². The lowest BCUT2D eigenvalue weighted by Crippen LogP contribution is -2.36. The van der Waals surface area contributed by atoms with E-state index < -0.39 is 14.6 Å². The maximum absolute atomic E-state index is 12.4. The summed E-state index contributed by atoms with van der Waals surface area (Å²) < 4.78 is 24.0. The van der Waals surface area contributed by atoms with Gasteiger partial charge in [0, 0.05) is 6.04 Å². The maximum Gasteiger partial charge on any atom is 0.157 e. The summed E-state index contributed by atoms with van der Waals surface area (Å²) in [5, 5.41) is 3.14. The largest absolute Gasteiger partial charge is 0.312 e. The molecule has 108 valence electrons. The zero-order valence-corrected chi connectivity index (χ0v) is 13.6. The Labute approximate surface area is 117 Å². The van der Waals surface area contributed by atoms with Crippen LogP contribution in [0.15, 0.2) is 18.2 Å². The smallest absolute Gasteiger partial charge is 0.157 e. The van der Waals surface area contributed by atoms with Crippen LogP contribution in [0.1, 0.15) is 43.5 Å². The Hall–Kier alpha value is -0.870. The molecule has 1 unspecified atom stereocenters. The average molecular weight is 283 g/mol. The van der Waals surface area contributed by atoms with Gasteiger partial charge in [-0.2, -0.15) is 0 Å². The van der Waals surface area contributed by atoms with Gasteiger partial charge in [-0.05, 0) is 52.8 Å². The minimum absolute atomic E-state index is 0.122. The number of hydrogen-bond donors (Lipinski definition) is 1. The lowest BCUT2D eigenvalue weighted by Gasteiger charge is -2.25. The Morgan fingerprint density at radius 3 is 2.26 bits per heavy atom. The second kappa shape index (κ2) is 5.63. The van der Waals surface area contributed by atoms with E-state index in [1.54, 1.807) is 20.8 Å². The van der Waals surface area contributed by atoms with Crippen LogP contribution in [-0.2, 0) is 9.84 Å². The molecule has 0 saturated heterocycles. The van der Waals surface area contributed by atoms with Gasteiger partial charge >= 0.3 is 0 Å². The van der Waals surface area contributed by atoms with Crippen molar-refractivity contribution in [3.8, 4) is 0 Å². The van der Waals surface area contributed by atoms with E-state index in [1.807, 2.05) is 33.0 Å². The highest BCUT2D eigenvalue weighted by atomic mass is 32.2. The summed E-state index contributed by atoms with van der Waals surface area (Å²) in [6.45, 7) is 9.28. The molecular formula is C15H25NO2S. The van der Waals surface area contributed by atoms with E-state index in [1.165, 1.54) is 0 Å². The van der Waals surface area contributed by atoms with Crippen molar-refractivity contribution < 1.29 is 8.42 Å². The predicted molar refractivity (Wildman–Crippen MR) is 81.3 cm³/mol. The van der Waals surface area contributed by atoms with Crippen LogP contribution in [0.2, 0.25) is 0 Å². The van der Waals surface area contributed by atoms with Gasteiger partial charge in [0.05, 0.1) is 10.5 Å². The third kappa shape index (κ3) is 3.80. The van der Waals surface area contributed by atoms with Crippen LogP contribution in [0, 0.1) is 13.8 Å². The van der Waals surface area contributed by atoms with Crippen LogP contribution < -0.4 is 5.32 Å². The van der Waals surface area contributed by atoms with Crippen LogP contribution in [0.3, 0.4) is 0 Å². The Bertz CT molecular complexity index is 542. The molecule has 1 aromatic rings. The van der Waals surface area contributed by atoms with E-state index in [2.05, 4.69) is 11.4 Å². The van der Waals surface area contributed by atoms with Crippen molar-refractivity contribution in [2.45, 2.75) is 45.4 Å². The number of rotatable bonds is 4. The predicted octanol–water partition coefficient (Wildman–Crippen LogP) is 2.78. The van der Waals surface area contributed by atoms with Gasteiger partial charge in [-0.25, -0.2) is 8.42 Å². The summed E-state index contributed by atoms with van der Waals surface area (Å²) in [7, 11) is -1.34. The maximum atomic E-state index is 12.4. The average Bonchev–Trinajstić information content (AvgIpc) is 2.28. The summed E-state index contributed by atoms with van der Waals surface area (Å²) in [5.74, 6) is 0.122. The molecule has 1 rings (SSSR count). The molecule has 0 saturated carbocycles. The van der Waals surface area contributed by atoms with Crippen LogP contribution in [0.4, 0.5) is 0 Å². The summed E-state index contributed by atoms with van der Waals surface area (Å²) >= 11 is 0. The molecule has 1 aromatic carbocycles. The molecule has 0 bridgehead atoms. The van der Waals surface area contributed by atoms with Crippen molar-refractivity contribution in [3.63, 3.8) is 0 Å². The fraction of sp³-hybridized carbons (Fsp3) is 0.600. The van der Waals surface area contributed by atoms with Gasteiger partial charge in [0.15, 0.2) is 9.84 Å². The Balaban J connectivity index is 3.13. The molecule has 0 spiro atoms. The summed E-state index contributed by atoms with van der Waals surface area (Å²) in [5.41, 5.74) is 3.33. The Morgan fingerprint density at radius 2 is 1.79 bits per heavy atom. The van der Waals surface area contributed by atoms with Crippen molar-refractivity contribution >= 4 is 9.84 Å². The molecule has 0 aliphatic rings. The van der Waals surface area contributed by atoms with E-state index in [0.717, 1.165) is 16.7 Å². The van der Waals surface area contributed by atoms with E-state index in [-0.39, 0.29) is 11.8 Å². The third-order valence-electron chi connectivity index (χ3n) is 3.48. The highest BCUT2D eigenvalue weighted by molar-refractivity contribution is 7.92. The molecule has 0 heterocycles. The highest BCUT2D eigenvalue weighted by Crippen LogP contribution is 2.25. The Morgan fingerprint density at radius 1 is 1.21 bits per heavy atom. The molecule has 0 aliphatic carbocycles. The van der Waals surface area contributed by atoms with Gasteiger partial charge in [-0.15, -0.1) is 0 Å². The fourth-order valence-corrected chi connectivity index (χ4v) is 3.22. The number of benzene rings is 1. The van der Waals surface area contributed by atoms with Gasteiger partial charge in [-0.3, -0.25) is 0 Å². The normalized spacial score (nSPS) is 14.4. The van der Waals surface area contributed by atoms with Crippen LogP contribution in [-0.4, -0.2) is 26.0 Å². The zero-order chi connectivity index (χ0) is 14.8. The van der Waals surface area contributed by atoms with Gasteiger partial charge in [0.2, 0.25) is 0 Å². The second-order valence-electron chi connectivity index (χ2n) is 6.10. The molecule has 19 heavy (non-hydrogen) atoms. The van der Waals surface area contributed by atoms with Gasteiger partial charge in [-0.1, -0.05) is 23.8 Å². The van der Waals surface area contributed by atoms with E-state index in [4.69, 9.17) is 0 Å². The zero-order valence-electron chi connectivity index (χ0n) is 12.7. The van der Waals surface area contributed by atoms with Crippen molar-refractivity contribution in [1.82, 2.24) is 5.32 Å². The first kappa shape index (κ1) is 16.2. The second-order valence-corrected chi connectivity index (χ2v) is 8.88. The summed E-state index contributed by atoms with van der Waals surface area (Å²) in [6.07, 6.45) is 0. The first-order chi connectivity index (χ1) is 8.58. The molecule has 0 fully saturated rings. The van der Waals surface area contributed by atoms with Crippen LogP contribution >= 0.6 is 0 Å². The SMILES string of the molecule is CNC(CS(=O)(=O)C(C)(C)C)c1cc(C)ccc1C. The van der Waals surface area contributed by atoms with E-state index >= 15 is 0 Å². The molecular weight excluding hydrogens is 258 g/mol. The van der Waals surface area contributed by atoms with Gasteiger partial charge in [0.1, 0.15) is 0 Å². The third-order valence-corrected chi connectivity index (χ3v) is 6.12. The number of hydrogen-bond acceptors (Lipinski definition) is 3. The molecule has 1 atom stereocenters. The molecule has 1 N–H and O–H groups in total. The molecule has 3 nitrogen and oxygen atoms in total. The van der Waals surface area contributed by atoms with Crippen molar-refractivity contribution in [1.29, 1.82) is 0 Å². The lowest BCUT2D eigenvalue weighted by atomic mass is 10.0. The molecule has 0 radical (unpaired) electrons. The van der Waals surface area contributed by atoms with Crippen molar-refractivity contribution in [2.24, 2.45) is 0 Å². The summed E-state index contributed by atoms with van der Waals surface area (Å²) in [6, 6.07) is 5.99. The summed E-state index contributed by atoms with van der Waals surface area (Å²) in [4.78, 5) is 0. The van der Waals surface area contributed by atoms with Gasteiger partial charge < -0.3 is 5.32 Å². The van der Waals surface area contributed by atoms with Crippen LogP contribution in [0.5, 0.6) is 0 Å². The number of nitrogens with one attached hydrogen (secondary N) is 1. The standard InChI is InChI=1S/C15H25NO2S/c1-11-7-8-12(2)13(9-11)14(16-6)10-19(17,18)15(3,4)5/h7-9,14,16H,10H2,1-6H3. The minimum atomic E-state index is -3.15.